The summed E-state index contributed by atoms with van der Waals surface area (Å²) in [6.45, 7) is 0. The first-order valence-electron chi connectivity index (χ1n) is 8.64. The molecule has 4 rings (SSSR count). The van der Waals surface area contributed by atoms with Gasteiger partial charge in [0, 0.05) is 16.9 Å². The minimum absolute atomic E-state index is 0.397. The van der Waals surface area contributed by atoms with Crippen molar-refractivity contribution in [3.8, 4) is 11.8 Å². The van der Waals surface area contributed by atoms with Gasteiger partial charge in [-0.3, -0.25) is 0 Å². The summed E-state index contributed by atoms with van der Waals surface area (Å²) in [5.74, 6) is 0.733. The maximum Gasteiger partial charge on any atom is 0.323 e. The molecule has 1 aliphatic rings. The number of hydrogen-bond donors (Lipinski definition) is 3. The van der Waals surface area contributed by atoms with Crippen LogP contribution in [0.3, 0.4) is 0 Å². The van der Waals surface area contributed by atoms with E-state index in [1.54, 1.807) is 41.5 Å². The van der Waals surface area contributed by atoms with E-state index < -0.39 is 12.2 Å². The number of urea groups is 1. The fraction of sp³-hybridized carbons (Fsp3) is 0.0476. The molecule has 7 heteroatoms. The molecule has 7 nitrogen and oxygen atoms in total. The zero-order chi connectivity index (χ0) is 19.5. The Morgan fingerprint density at radius 2 is 1.75 bits per heavy atom. The molecule has 4 N–H and O–H groups in total. The quantitative estimate of drug-likeness (QED) is 0.646. The molecule has 2 amide bonds. The molecule has 3 aromatic rings. The number of nitrogens with one attached hydrogen (secondary N) is 2. The van der Waals surface area contributed by atoms with Gasteiger partial charge in [-0.05, 0) is 48.5 Å². The number of anilines is 3. The molecule has 0 bridgehead atoms. The predicted molar refractivity (Wildman–Crippen MR) is 107 cm³/mol. The lowest BCUT2D eigenvalue weighted by Gasteiger charge is -2.21. The third kappa shape index (κ3) is 3.45. The number of nitrogens with zero attached hydrogens (tertiary/aromatic N) is 2. The largest absolute Gasteiger partial charge is 0.377 e. The topological polar surface area (TPSA) is 103 Å². The maximum absolute atomic E-state index is 12.2. The average molecular weight is 371 g/mol. The van der Waals surface area contributed by atoms with Crippen LogP contribution in [0.25, 0.3) is 0 Å². The summed E-state index contributed by atoms with van der Waals surface area (Å²) in [6, 6.07) is 23.1. The summed E-state index contributed by atoms with van der Waals surface area (Å²) in [6.07, 6.45) is -0.397. The first-order valence-corrected chi connectivity index (χ1v) is 8.64. The Morgan fingerprint density at radius 3 is 2.50 bits per heavy atom. The number of nitrogens with two attached hydrogens (primary N) is 1. The number of hydrogen-bond acceptors (Lipinski definition) is 5. The van der Waals surface area contributed by atoms with Gasteiger partial charge in [0.2, 0.25) is 0 Å². The van der Waals surface area contributed by atoms with Gasteiger partial charge < -0.3 is 21.2 Å². The van der Waals surface area contributed by atoms with Gasteiger partial charge in [-0.15, -0.1) is 0 Å². The summed E-state index contributed by atoms with van der Waals surface area (Å²) in [5, 5.41) is 16.0. The van der Waals surface area contributed by atoms with Crippen LogP contribution in [0, 0.1) is 11.3 Å². The summed E-state index contributed by atoms with van der Waals surface area (Å²) in [7, 11) is 0. The molecule has 28 heavy (non-hydrogen) atoms. The van der Waals surface area contributed by atoms with Crippen LogP contribution in [0.4, 0.5) is 21.9 Å². The summed E-state index contributed by atoms with van der Waals surface area (Å²) >= 11 is 0. The van der Waals surface area contributed by atoms with E-state index in [0.717, 1.165) is 17.0 Å². The Kier molecular flexibility index (Phi) is 4.54. The molecular weight excluding hydrogens is 354 g/mol. The van der Waals surface area contributed by atoms with Crippen LogP contribution >= 0.6 is 0 Å². The second-order valence-electron chi connectivity index (χ2n) is 6.22. The molecule has 1 unspecified atom stereocenters. The Morgan fingerprint density at radius 1 is 1.00 bits per heavy atom. The number of rotatable bonds is 3. The highest BCUT2D eigenvalue weighted by Crippen LogP contribution is 2.37. The van der Waals surface area contributed by atoms with Gasteiger partial charge in [-0.2, -0.15) is 10.3 Å². The smallest absolute Gasteiger partial charge is 0.323 e. The molecule has 0 saturated heterocycles. The van der Waals surface area contributed by atoms with Crippen molar-refractivity contribution in [2.24, 2.45) is 5.73 Å². The lowest BCUT2D eigenvalue weighted by atomic mass is 10.1. The molecule has 1 atom stereocenters. The maximum atomic E-state index is 12.2. The van der Waals surface area contributed by atoms with Crippen molar-refractivity contribution in [2.45, 2.75) is 6.17 Å². The fourth-order valence-corrected chi connectivity index (χ4v) is 2.96. The second-order valence-corrected chi connectivity index (χ2v) is 6.22. The number of nitriles is 1. The van der Waals surface area contributed by atoms with Crippen molar-refractivity contribution in [1.82, 2.24) is 0 Å². The van der Waals surface area contributed by atoms with E-state index in [-0.39, 0.29) is 0 Å². The summed E-state index contributed by atoms with van der Waals surface area (Å²) < 4.78 is 0. The predicted octanol–water partition coefficient (Wildman–Crippen LogP) is 3.97. The van der Waals surface area contributed by atoms with E-state index in [1.165, 1.54) is 0 Å². The van der Waals surface area contributed by atoms with E-state index in [2.05, 4.69) is 10.6 Å². The van der Waals surface area contributed by atoms with Crippen LogP contribution in [-0.2, 0) is 0 Å². The first kappa shape index (κ1) is 17.4. The number of carbonyl (C=O) groups excluding carboxylic acids is 1. The van der Waals surface area contributed by atoms with Crippen LogP contribution in [0.1, 0.15) is 17.3 Å². The molecule has 0 fully saturated rings. The third-order valence-electron chi connectivity index (χ3n) is 4.32. The first-order chi connectivity index (χ1) is 13.6. The number of amides is 2. The summed E-state index contributed by atoms with van der Waals surface area (Å²) in [5.41, 5.74) is 9.58. The highest BCUT2D eigenvalue weighted by atomic mass is 16.7. The standard InChI is InChI=1S/C21H17N5O2/c22-13-14-4-3-5-16(12-14)25-21(27)24-15-8-10-17(11-9-15)26-20(23)18-6-1-2-7-19(18)28-26/h1-12,20H,23H2,(H2,24,25,27). The van der Waals surface area contributed by atoms with E-state index in [0.29, 0.717) is 16.9 Å². The van der Waals surface area contributed by atoms with Crippen molar-refractivity contribution >= 4 is 23.1 Å². The van der Waals surface area contributed by atoms with Crippen LogP contribution in [-0.4, -0.2) is 6.03 Å². The van der Waals surface area contributed by atoms with Gasteiger partial charge in [0.15, 0.2) is 5.75 Å². The molecule has 0 spiro atoms. The van der Waals surface area contributed by atoms with Crippen LogP contribution in [0.2, 0.25) is 0 Å². The fourth-order valence-electron chi connectivity index (χ4n) is 2.96. The number of para-hydroxylation sites is 1. The van der Waals surface area contributed by atoms with Gasteiger partial charge in [0.25, 0.3) is 0 Å². The Hall–Kier alpha value is -4.02. The van der Waals surface area contributed by atoms with Gasteiger partial charge in [-0.1, -0.05) is 24.3 Å². The third-order valence-corrected chi connectivity index (χ3v) is 4.32. The van der Waals surface area contributed by atoms with Crippen molar-refractivity contribution < 1.29 is 9.63 Å². The Balaban J connectivity index is 1.41. The number of fused-ring (bicyclic) bond motifs is 1. The van der Waals surface area contributed by atoms with Gasteiger partial charge in [-0.25, -0.2) is 4.79 Å². The highest BCUT2D eigenvalue weighted by Gasteiger charge is 2.29. The molecule has 0 saturated carbocycles. The number of carbonyl (C=O) groups is 1. The van der Waals surface area contributed by atoms with E-state index in [1.807, 2.05) is 42.5 Å². The average Bonchev–Trinajstić information content (AvgIpc) is 3.05. The molecule has 1 heterocycles. The molecular formula is C21H17N5O2. The minimum atomic E-state index is -0.399. The van der Waals surface area contributed by atoms with Gasteiger partial charge in [0.1, 0.15) is 6.17 Å². The van der Waals surface area contributed by atoms with Crippen LogP contribution in [0.5, 0.6) is 5.75 Å². The van der Waals surface area contributed by atoms with Crippen LogP contribution in [0.15, 0.2) is 72.8 Å². The Bertz CT molecular complexity index is 1060. The molecule has 0 radical (unpaired) electrons. The number of benzene rings is 3. The van der Waals surface area contributed by atoms with Crippen LogP contribution < -0.4 is 26.3 Å². The zero-order valence-corrected chi connectivity index (χ0v) is 14.8. The molecule has 3 aromatic carbocycles. The lowest BCUT2D eigenvalue weighted by Crippen LogP contribution is -2.31. The van der Waals surface area contributed by atoms with Gasteiger partial charge >= 0.3 is 6.03 Å². The van der Waals surface area contributed by atoms with Crippen molar-refractivity contribution in [3.63, 3.8) is 0 Å². The van der Waals surface area contributed by atoms with Gasteiger partial charge in [0.05, 0.1) is 17.3 Å². The van der Waals surface area contributed by atoms with E-state index in [9.17, 15) is 4.79 Å². The van der Waals surface area contributed by atoms with E-state index in [4.69, 9.17) is 15.8 Å². The Labute approximate surface area is 161 Å². The van der Waals surface area contributed by atoms with Crippen molar-refractivity contribution in [3.05, 3.63) is 83.9 Å². The monoisotopic (exact) mass is 371 g/mol. The molecule has 0 aliphatic carbocycles. The second kappa shape index (κ2) is 7.31. The highest BCUT2D eigenvalue weighted by molar-refractivity contribution is 5.99. The molecule has 0 aromatic heterocycles. The lowest BCUT2D eigenvalue weighted by molar-refractivity contribution is 0.262. The number of hydroxylamine groups is 1. The molecule has 138 valence electrons. The zero-order valence-electron chi connectivity index (χ0n) is 14.8. The summed E-state index contributed by atoms with van der Waals surface area (Å²) in [4.78, 5) is 18.0. The normalized spacial score (nSPS) is 14.6. The molecule has 1 aliphatic heterocycles. The minimum Gasteiger partial charge on any atom is -0.377 e. The van der Waals surface area contributed by atoms with Crippen molar-refractivity contribution in [2.75, 3.05) is 15.7 Å². The van der Waals surface area contributed by atoms with E-state index >= 15 is 0 Å². The SMILES string of the molecule is N#Cc1cccc(NC(=O)Nc2ccc(N3Oc4ccccc4C3N)cc2)c1. The van der Waals surface area contributed by atoms with Crippen molar-refractivity contribution in [1.29, 1.82) is 5.26 Å².